The number of hydrogen-bond donors (Lipinski definition) is 2. The Morgan fingerprint density at radius 3 is 2.26 bits per heavy atom. The van der Waals surface area contributed by atoms with Crippen LogP contribution in [0.1, 0.15) is 6.92 Å². The number of aromatic nitrogens is 1. The molecular weight excluding hydrogens is 252 g/mol. The van der Waals surface area contributed by atoms with Gasteiger partial charge in [-0.05, 0) is 19.1 Å². The zero-order valence-corrected chi connectivity index (χ0v) is 10.9. The van der Waals surface area contributed by atoms with Crippen LogP contribution in [0.15, 0.2) is 30.6 Å². The smallest absolute Gasteiger partial charge is 0.407 e. The molecule has 0 aliphatic rings. The number of nitrogens with zero attached hydrogens (tertiary/aromatic N) is 1. The highest BCUT2D eigenvalue weighted by Gasteiger charge is 2.19. The molecule has 7 heteroatoms. The Morgan fingerprint density at radius 1 is 1.32 bits per heavy atom. The summed E-state index contributed by atoms with van der Waals surface area (Å²) >= 11 is 0. The molecule has 0 bridgehead atoms. The van der Waals surface area contributed by atoms with Crippen molar-refractivity contribution in [1.82, 2.24) is 10.3 Å². The van der Waals surface area contributed by atoms with Crippen LogP contribution >= 0.6 is 0 Å². The number of carbonyl (C=O) groups excluding carboxylic acids is 1. The summed E-state index contributed by atoms with van der Waals surface area (Å²) in [5.74, 6) is -1.16. The van der Waals surface area contributed by atoms with Gasteiger partial charge in [-0.25, -0.2) is 9.59 Å². The third kappa shape index (κ3) is 9.54. The Kier molecular flexibility index (Phi) is 9.73. The summed E-state index contributed by atoms with van der Waals surface area (Å²) < 4.78 is 9.09. The van der Waals surface area contributed by atoms with Gasteiger partial charge in [0.2, 0.25) is 0 Å². The molecule has 1 amide bonds. The van der Waals surface area contributed by atoms with E-state index in [9.17, 15) is 9.59 Å². The summed E-state index contributed by atoms with van der Waals surface area (Å²) in [6.45, 7) is 1.74. The minimum atomic E-state index is -1.16. The molecule has 0 aromatic carbocycles. The predicted octanol–water partition coefficient (Wildman–Crippen LogP) is 0.914. The van der Waals surface area contributed by atoms with Crippen molar-refractivity contribution in [2.75, 3.05) is 20.3 Å². The first-order chi connectivity index (χ1) is 9.11. The average Bonchev–Trinajstić information content (AvgIpc) is 2.41. The number of alkyl carbamates (subject to hydrolysis) is 1. The molecule has 0 saturated carbocycles. The van der Waals surface area contributed by atoms with Crippen LogP contribution in [0.4, 0.5) is 4.79 Å². The zero-order valence-electron chi connectivity index (χ0n) is 10.9. The summed E-state index contributed by atoms with van der Waals surface area (Å²) in [6.07, 6.45) is 2.74. The van der Waals surface area contributed by atoms with Gasteiger partial charge in [0.05, 0.1) is 13.2 Å². The number of carboxylic acids is 1. The molecule has 0 saturated heterocycles. The van der Waals surface area contributed by atoms with E-state index in [1.54, 1.807) is 19.3 Å². The molecule has 1 aromatic rings. The lowest BCUT2D eigenvalue weighted by Crippen LogP contribution is -2.44. The minimum Gasteiger partial charge on any atom is -0.480 e. The number of ether oxygens (including phenoxy) is 2. The summed E-state index contributed by atoms with van der Waals surface area (Å²) in [4.78, 5) is 25.0. The molecule has 1 atom stereocenters. The molecule has 19 heavy (non-hydrogen) atoms. The fourth-order valence-corrected chi connectivity index (χ4v) is 0.969. The largest absolute Gasteiger partial charge is 0.480 e. The average molecular weight is 270 g/mol. The van der Waals surface area contributed by atoms with Gasteiger partial charge in [0.1, 0.15) is 0 Å². The predicted molar refractivity (Wildman–Crippen MR) is 67.7 cm³/mol. The summed E-state index contributed by atoms with van der Waals surface area (Å²) in [7, 11) is 1.35. The van der Waals surface area contributed by atoms with Gasteiger partial charge in [0.15, 0.2) is 6.04 Å². The van der Waals surface area contributed by atoms with Crippen LogP contribution in [0.3, 0.4) is 0 Å². The molecule has 7 nitrogen and oxygen atoms in total. The van der Waals surface area contributed by atoms with E-state index in [-0.39, 0.29) is 13.2 Å². The third-order valence-electron chi connectivity index (χ3n) is 1.77. The van der Waals surface area contributed by atoms with Crippen LogP contribution in [0, 0.1) is 0 Å². The van der Waals surface area contributed by atoms with E-state index < -0.39 is 18.1 Å². The van der Waals surface area contributed by atoms with Gasteiger partial charge in [-0.3, -0.25) is 4.98 Å². The molecule has 1 aromatic heterocycles. The molecule has 0 fully saturated rings. The second-order valence-electron chi connectivity index (χ2n) is 3.24. The quantitative estimate of drug-likeness (QED) is 0.825. The maximum Gasteiger partial charge on any atom is 0.407 e. The number of hydrogen-bond acceptors (Lipinski definition) is 5. The van der Waals surface area contributed by atoms with Crippen LogP contribution in [0.25, 0.3) is 0 Å². The Hall–Kier alpha value is -2.15. The number of methoxy groups -OCH3 is 1. The molecule has 2 N–H and O–H groups in total. The van der Waals surface area contributed by atoms with Gasteiger partial charge in [-0.15, -0.1) is 0 Å². The lowest BCUT2D eigenvalue weighted by Gasteiger charge is -2.12. The van der Waals surface area contributed by atoms with E-state index >= 15 is 0 Å². The van der Waals surface area contributed by atoms with Crippen LogP contribution in [-0.2, 0) is 14.3 Å². The van der Waals surface area contributed by atoms with Crippen molar-refractivity contribution in [3.63, 3.8) is 0 Å². The highest BCUT2D eigenvalue weighted by atomic mass is 16.5. The molecule has 0 spiro atoms. The Balaban J connectivity index is 0.000000443. The molecule has 1 unspecified atom stereocenters. The van der Waals surface area contributed by atoms with Crippen LogP contribution in [0.2, 0.25) is 0 Å². The number of carboxylic acid groups (broad SMARTS) is 1. The maximum atomic E-state index is 10.8. The van der Waals surface area contributed by atoms with Crippen molar-refractivity contribution in [2.24, 2.45) is 0 Å². The second-order valence-corrected chi connectivity index (χ2v) is 3.24. The van der Waals surface area contributed by atoms with Crippen molar-refractivity contribution in [3.05, 3.63) is 30.6 Å². The summed E-state index contributed by atoms with van der Waals surface area (Å²) in [5.41, 5.74) is 0. The van der Waals surface area contributed by atoms with Crippen molar-refractivity contribution < 1.29 is 24.2 Å². The first-order valence-corrected chi connectivity index (χ1v) is 5.61. The van der Waals surface area contributed by atoms with Gasteiger partial charge < -0.3 is 19.9 Å². The molecule has 0 aliphatic heterocycles. The fourth-order valence-electron chi connectivity index (χ4n) is 0.969. The second kappa shape index (κ2) is 11.0. The van der Waals surface area contributed by atoms with Crippen molar-refractivity contribution in [3.8, 4) is 0 Å². The molecule has 106 valence electrons. The third-order valence-corrected chi connectivity index (χ3v) is 1.77. The highest BCUT2D eigenvalue weighted by Crippen LogP contribution is 1.87. The van der Waals surface area contributed by atoms with Gasteiger partial charge >= 0.3 is 12.1 Å². The van der Waals surface area contributed by atoms with Gasteiger partial charge in [-0.1, -0.05) is 6.07 Å². The normalized spacial score (nSPS) is 10.6. The summed E-state index contributed by atoms with van der Waals surface area (Å²) in [5, 5.41) is 10.7. The molecular formula is C12H18N2O5. The number of amides is 1. The van der Waals surface area contributed by atoms with Crippen molar-refractivity contribution in [2.45, 2.75) is 13.0 Å². The van der Waals surface area contributed by atoms with E-state index in [4.69, 9.17) is 5.11 Å². The Bertz CT molecular complexity index is 332. The number of nitrogens with one attached hydrogen (secondary N) is 1. The van der Waals surface area contributed by atoms with E-state index in [1.807, 2.05) is 18.2 Å². The monoisotopic (exact) mass is 270 g/mol. The lowest BCUT2D eigenvalue weighted by molar-refractivity contribution is -0.140. The first kappa shape index (κ1) is 16.9. The number of rotatable bonds is 5. The minimum absolute atomic E-state index is 0.0891. The van der Waals surface area contributed by atoms with Gasteiger partial charge in [0, 0.05) is 19.5 Å². The van der Waals surface area contributed by atoms with Crippen LogP contribution in [-0.4, -0.2) is 48.5 Å². The van der Waals surface area contributed by atoms with E-state index in [0.717, 1.165) is 0 Å². The van der Waals surface area contributed by atoms with E-state index in [0.29, 0.717) is 0 Å². The van der Waals surface area contributed by atoms with Gasteiger partial charge in [0.25, 0.3) is 0 Å². The standard InChI is InChI=1S/C7H13NO5.C5H5N/c1-3-13-7(11)8-5(4-12-2)6(9)10;1-2-4-6-5-3-1/h5H,3-4H2,1-2H3,(H,8,11)(H,9,10);1-5H. The van der Waals surface area contributed by atoms with Crippen LogP contribution < -0.4 is 5.32 Å². The number of pyridine rings is 1. The van der Waals surface area contributed by atoms with E-state index in [1.165, 1.54) is 7.11 Å². The molecule has 0 radical (unpaired) electrons. The zero-order chi connectivity index (χ0) is 14.5. The van der Waals surface area contributed by atoms with Crippen molar-refractivity contribution >= 4 is 12.1 Å². The Morgan fingerprint density at radius 2 is 1.95 bits per heavy atom. The SMILES string of the molecule is CCOC(=O)NC(COC)C(=O)O.c1ccncc1. The number of aliphatic carboxylic acids is 1. The van der Waals surface area contributed by atoms with Crippen molar-refractivity contribution in [1.29, 1.82) is 0 Å². The van der Waals surface area contributed by atoms with Gasteiger partial charge in [-0.2, -0.15) is 0 Å². The molecule has 1 heterocycles. The molecule has 0 aliphatic carbocycles. The fraction of sp³-hybridized carbons (Fsp3) is 0.417. The van der Waals surface area contributed by atoms with Crippen LogP contribution in [0.5, 0.6) is 0 Å². The Labute approximate surface area is 111 Å². The van der Waals surface area contributed by atoms with E-state index in [2.05, 4.69) is 19.8 Å². The molecule has 1 rings (SSSR count). The lowest BCUT2D eigenvalue weighted by atomic mass is 10.3. The maximum absolute atomic E-state index is 10.8. The topological polar surface area (TPSA) is 97.8 Å². The highest BCUT2D eigenvalue weighted by molar-refractivity contribution is 5.79. The number of carbonyl (C=O) groups is 2. The first-order valence-electron chi connectivity index (χ1n) is 5.61. The summed E-state index contributed by atoms with van der Waals surface area (Å²) in [6, 6.07) is 4.65.